The van der Waals surface area contributed by atoms with E-state index in [2.05, 4.69) is 21.0 Å². The molecular weight excluding hydrogens is 339 g/mol. The predicted octanol–water partition coefficient (Wildman–Crippen LogP) is 3.75. The van der Waals surface area contributed by atoms with E-state index in [4.69, 9.17) is 4.74 Å². The average molecular weight is 357 g/mol. The van der Waals surface area contributed by atoms with Crippen molar-refractivity contribution in [1.29, 1.82) is 0 Å². The second kappa shape index (κ2) is 6.58. The van der Waals surface area contributed by atoms with Gasteiger partial charge in [-0.25, -0.2) is 4.39 Å². The third kappa shape index (κ3) is 3.44. The second-order valence-corrected chi connectivity index (χ2v) is 5.60. The van der Waals surface area contributed by atoms with Gasteiger partial charge in [0.1, 0.15) is 18.2 Å². The molecule has 0 unspecified atom stereocenters. The Morgan fingerprint density at radius 1 is 1.48 bits per heavy atom. The average Bonchev–Trinajstić information content (AvgIpc) is 2.72. The number of rotatable bonds is 5. The number of aryl methyl sites for hydroxylation is 2. The Bertz CT molecular complexity index is 641. The van der Waals surface area contributed by atoms with E-state index in [0.717, 1.165) is 22.4 Å². The number of aliphatic hydroxyl groups excluding tert-OH is 1. The molecule has 1 atom stereocenters. The maximum absolute atomic E-state index is 13.3. The lowest BCUT2D eigenvalue weighted by Crippen LogP contribution is -2.08. The lowest BCUT2D eigenvalue weighted by molar-refractivity contribution is 0.188. The number of nitrogens with zero attached hydrogens (tertiary/aromatic N) is 2. The zero-order valence-electron chi connectivity index (χ0n) is 12.2. The van der Waals surface area contributed by atoms with Crippen molar-refractivity contribution in [2.75, 3.05) is 0 Å². The number of aromatic nitrogens is 2. The van der Waals surface area contributed by atoms with Crippen LogP contribution in [0, 0.1) is 12.7 Å². The molecular formula is C15H18BrFN2O2. The maximum Gasteiger partial charge on any atom is 0.131 e. The van der Waals surface area contributed by atoms with Gasteiger partial charge in [-0.05, 0) is 54.9 Å². The van der Waals surface area contributed by atoms with Crippen molar-refractivity contribution < 1.29 is 14.2 Å². The Morgan fingerprint density at radius 3 is 2.81 bits per heavy atom. The van der Waals surface area contributed by atoms with E-state index >= 15 is 0 Å². The number of hydrogen-bond acceptors (Lipinski definition) is 3. The number of hydrogen-bond donors (Lipinski definition) is 1. The van der Waals surface area contributed by atoms with Crippen molar-refractivity contribution in [3.63, 3.8) is 0 Å². The quantitative estimate of drug-likeness (QED) is 0.887. The Hall–Kier alpha value is -1.40. The number of benzene rings is 1. The van der Waals surface area contributed by atoms with Crippen LogP contribution >= 0.6 is 15.9 Å². The van der Waals surface area contributed by atoms with Crippen molar-refractivity contribution in [3.8, 4) is 5.75 Å². The first-order chi connectivity index (χ1) is 9.93. The van der Waals surface area contributed by atoms with E-state index in [1.807, 2.05) is 18.5 Å². The summed E-state index contributed by atoms with van der Waals surface area (Å²) in [5.74, 6) is 0.0775. The summed E-state index contributed by atoms with van der Waals surface area (Å²) >= 11 is 3.50. The van der Waals surface area contributed by atoms with Crippen LogP contribution in [-0.2, 0) is 13.2 Å². The molecule has 0 bridgehead atoms. The van der Waals surface area contributed by atoms with Crippen molar-refractivity contribution in [1.82, 2.24) is 9.78 Å². The van der Waals surface area contributed by atoms with Crippen LogP contribution in [0.25, 0.3) is 0 Å². The molecule has 2 rings (SSSR count). The molecule has 1 N–H and O–H groups in total. The van der Waals surface area contributed by atoms with Crippen LogP contribution in [-0.4, -0.2) is 14.9 Å². The molecule has 1 heterocycles. The van der Waals surface area contributed by atoms with Gasteiger partial charge < -0.3 is 9.84 Å². The molecule has 4 nitrogen and oxygen atoms in total. The van der Waals surface area contributed by atoms with Gasteiger partial charge in [-0.2, -0.15) is 5.10 Å². The fourth-order valence-electron chi connectivity index (χ4n) is 2.13. The van der Waals surface area contributed by atoms with Gasteiger partial charge in [0.05, 0.1) is 22.0 Å². The SMILES string of the molecule is CCn1nc(C)c(Br)c1COc1ccc(F)cc1[C@H](C)O. The summed E-state index contributed by atoms with van der Waals surface area (Å²) < 4.78 is 21.8. The predicted molar refractivity (Wildman–Crippen MR) is 81.7 cm³/mol. The van der Waals surface area contributed by atoms with E-state index in [-0.39, 0.29) is 0 Å². The molecule has 0 fully saturated rings. The molecule has 1 aromatic heterocycles. The molecule has 2 aromatic rings. The molecule has 0 aliphatic rings. The van der Waals surface area contributed by atoms with Gasteiger partial charge in [0, 0.05) is 12.1 Å². The molecule has 0 radical (unpaired) electrons. The standard InChI is InChI=1S/C15H18BrFN2O2/c1-4-19-13(15(16)9(2)18-19)8-21-14-6-5-11(17)7-12(14)10(3)20/h5-7,10,20H,4,8H2,1-3H3/t10-/m0/s1. The summed E-state index contributed by atoms with van der Waals surface area (Å²) in [5, 5.41) is 14.1. The summed E-state index contributed by atoms with van der Waals surface area (Å²) in [7, 11) is 0. The highest BCUT2D eigenvalue weighted by molar-refractivity contribution is 9.10. The topological polar surface area (TPSA) is 47.3 Å². The molecule has 0 aliphatic heterocycles. The third-order valence-corrected chi connectivity index (χ3v) is 4.27. The molecule has 1 aromatic carbocycles. The summed E-state index contributed by atoms with van der Waals surface area (Å²) in [6.07, 6.45) is -0.794. The zero-order chi connectivity index (χ0) is 15.6. The van der Waals surface area contributed by atoms with Crippen LogP contribution in [0.5, 0.6) is 5.75 Å². The van der Waals surface area contributed by atoms with E-state index in [9.17, 15) is 9.50 Å². The molecule has 0 saturated carbocycles. The summed E-state index contributed by atoms with van der Waals surface area (Å²) in [4.78, 5) is 0. The third-order valence-electron chi connectivity index (χ3n) is 3.24. The molecule has 0 amide bonds. The minimum absolute atomic E-state index is 0.292. The van der Waals surface area contributed by atoms with E-state index in [1.165, 1.54) is 18.2 Å². The Labute approximate surface area is 131 Å². The molecule has 21 heavy (non-hydrogen) atoms. The Balaban J connectivity index is 2.25. The van der Waals surface area contributed by atoms with Gasteiger partial charge in [0.25, 0.3) is 0 Å². The normalized spacial score (nSPS) is 12.5. The fraction of sp³-hybridized carbons (Fsp3) is 0.400. The smallest absolute Gasteiger partial charge is 0.131 e. The number of ether oxygens (including phenoxy) is 1. The first kappa shape index (κ1) is 16.0. The van der Waals surface area contributed by atoms with Crippen LogP contribution in [0.4, 0.5) is 4.39 Å². The lowest BCUT2D eigenvalue weighted by Gasteiger charge is -2.14. The highest BCUT2D eigenvalue weighted by atomic mass is 79.9. The van der Waals surface area contributed by atoms with Crippen LogP contribution in [0.15, 0.2) is 22.7 Å². The van der Waals surface area contributed by atoms with Crippen LogP contribution in [0.1, 0.15) is 36.9 Å². The van der Waals surface area contributed by atoms with Crippen molar-refractivity contribution in [2.24, 2.45) is 0 Å². The molecule has 0 saturated heterocycles. The molecule has 0 spiro atoms. The molecule has 6 heteroatoms. The highest BCUT2D eigenvalue weighted by Gasteiger charge is 2.15. The Morgan fingerprint density at radius 2 is 2.19 bits per heavy atom. The van der Waals surface area contributed by atoms with Gasteiger partial charge in [-0.1, -0.05) is 0 Å². The van der Waals surface area contributed by atoms with Crippen molar-refractivity contribution in [2.45, 2.75) is 40.0 Å². The second-order valence-electron chi connectivity index (χ2n) is 4.81. The van der Waals surface area contributed by atoms with Gasteiger partial charge in [-0.15, -0.1) is 0 Å². The van der Waals surface area contributed by atoms with Crippen molar-refractivity contribution >= 4 is 15.9 Å². The minimum atomic E-state index is -0.794. The monoisotopic (exact) mass is 356 g/mol. The zero-order valence-corrected chi connectivity index (χ0v) is 13.8. The highest BCUT2D eigenvalue weighted by Crippen LogP contribution is 2.28. The summed E-state index contributed by atoms with van der Waals surface area (Å²) in [5.41, 5.74) is 2.24. The van der Waals surface area contributed by atoms with E-state index in [1.54, 1.807) is 6.92 Å². The fourth-order valence-corrected chi connectivity index (χ4v) is 2.53. The van der Waals surface area contributed by atoms with Crippen LogP contribution in [0.3, 0.4) is 0 Å². The minimum Gasteiger partial charge on any atom is -0.487 e. The largest absolute Gasteiger partial charge is 0.487 e. The van der Waals surface area contributed by atoms with Gasteiger partial charge >= 0.3 is 0 Å². The lowest BCUT2D eigenvalue weighted by atomic mass is 10.1. The molecule has 0 aliphatic carbocycles. The first-order valence-corrected chi connectivity index (χ1v) is 7.55. The maximum atomic E-state index is 13.3. The van der Waals surface area contributed by atoms with Gasteiger partial charge in [-0.3, -0.25) is 4.68 Å². The van der Waals surface area contributed by atoms with Crippen molar-refractivity contribution in [3.05, 3.63) is 45.4 Å². The van der Waals surface area contributed by atoms with Gasteiger partial charge in [0.2, 0.25) is 0 Å². The Kier molecular flexibility index (Phi) is 5.00. The van der Waals surface area contributed by atoms with Crippen LogP contribution in [0.2, 0.25) is 0 Å². The first-order valence-electron chi connectivity index (χ1n) is 6.76. The number of aliphatic hydroxyl groups is 1. The van der Waals surface area contributed by atoms with Gasteiger partial charge in [0.15, 0.2) is 0 Å². The van der Waals surface area contributed by atoms with E-state index in [0.29, 0.717) is 17.9 Å². The van der Waals surface area contributed by atoms with Crippen LogP contribution < -0.4 is 4.74 Å². The summed E-state index contributed by atoms with van der Waals surface area (Å²) in [6, 6.07) is 4.14. The molecule has 114 valence electrons. The number of halogens is 2. The van der Waals surface area contributed by atoms with E-state index < -0.39 is 11.9 Å². The summed E-state index contributed by atoms with van der Waals surface area (Å²) in [6.45, 7) is 6.52.